The van der Waals surface area contributed by atoms with Crippen LogP contribution in [0.15, 0.2) is 24.3 Å². The normalized spacial score (nSPS) is 21.3. The topological polar surface area (TPSA) is 75.4 Å². The number of hydrogen-bond donors (Lipinski definition) is 2. The van der Waals surface area contributed by atoms with E-state index >= 15 is 0 Å². The van der Waals surface area contributed by atoms with Crippen molar-refractivity contribution in [1.82, 2.24) is 10.2 Å². The molecule has 1 fully saturated rings. The minimum atomic E-state index is -0.651. The average molecular weight is 287 g/mol. The van der Waals surface area contributed by atoms with Gasteiger partial charge in [-0.3, -0.25) is 4.79 Å². The summed E-state index contributed by atoms with van der Waals surface area (Å²) >= 11 is 0. The lowest BCUT2D eigenvalue weighted by atomic mass is 10.0. The Labute approximate surface area is 124 Å². The van der Waals surface area contributed by atoms with Gasteiger partial charge >= 0.3 is 6.03 Å². The molecule has 21 heavy (non-hydrogen) atoms. The highest BCUT2D eigenvalue weighted by Crippen LogP contribution is 2.39. The number of rotatable bonds is 3. The standard InChI is InChI=1S/C16H21N3O2/c17-16(21)18-9-15(20)19-10-13-4-2-1-3-11(13)7-8-14(19)12-5-6-12/h1-4,12,14H,5-10H2,(H3,17,18,21)/t14-/m0/s1. The first-order valence-corrected chi connectivity index (χ1v) is 7.54. The summed E-state index contributed by atoms with van der Waals surface area (Å²) in [5, 5.41) is 2.41. The Bertz CT molecular complexity index is 554. The van der Waals surface area contributed by atoms with Crippen molar-refractivity contribution in [1.29, 1.82) is 0 Å². The van der Waals surface area contributed by atoms with Crippen LogP contribution in [-0.2, 0) is 17.8 Å². The van der Waals surface area contributed by atoms with Crippen LogP contribution in [0.25, 0.3) is 0 Å². The molecule has 0 aromatic heterocycles. The van der Waals surface area contributed by atoms with Gasteiger partial charge in [0.2, 0.25) is 5.91 Å². The molecule has 1 aromatic carbocycles. The number of carbonyl (C=O) groups is 2. The van der Waals surface area contributed by atoms with Crippen molar-refractivity contribution in [3.63, 3.8) is 0 Å². The maximum Gasteiger partial charge on any atom is 0.312 e. The fraction of sp³-hybridized carbons (Fsp3) is 0.500. The van der Waals surface area contributed by atoms with Crippen LogP contribution in [0.3, 0.4) is 0 Å². The fourth-order valence-electron chi connectivity index (χ4n) is 3.22. The highest BCUT2D eigenvalue weighted by atomic mass is 16.2. The van der Waals surface area contributed by atoms with Gasteiger partial charge in [-0.1, -0.05) is 24.3 Å². The SMILES string of the molecule is NC(=O)NCC(=O)N1Cc2ccccc2CC[C@H]1C1CC1. The van der Waals surface area contributed by atoms with Gasteiger partial charge in [-0.2, -0.15) is 0 Å². The summed E-state index contributed by atoms with van der Waals surface area (Å²) in [6.45, 7) is 0.622. The second kappa shape index (κ2) is 5.76. The summed E-state index contributed by atoms with van der Waals surface area (Å²) in [4.78, 5) is 25.2. The highest BCUT2D eigenvalue weighted by molar-refractivity contribution is 5.83. The van der Waals surface area contributed by atoms with Crippen molar-refractivity contribution in [3.05, 3.63) is 35.4 Å². The molecule has 1 aliphatic heterocycles. The van der Waals surface area contributed by atoms with Crippen LogP contribution in [-0.4, -0.2) is 29.4 Å². The van der Waals surface area contributed by atoms with E-state index in [2.05, 4.69) is 23.5 Å². The monoisotopic (exact) mass is 287 g/mol. The van der Waals surface area contributed by atoms with Gasteiger partial charge in [0.05, 0.1) is 6.54 Å². The van der Waals surface area contributed by atoms with Crippen molar-refractivity contribution < 1.29 is 9.59 Å². The summed E-state index contributed by atoms with van der Waals surface area (Å²) in [6, 6.07) is 7.94. The van der Waals surface area contributed by atoms with Crippen LogP contribution >= 0.6 is 0 Å². The molecule has 3 rings (SSSR count). The van der Waals surface area contributed by atoms with Crippen molar-refractivity contribution in [2.24, 2.45) is 11.7 Å². The van der Waals surface area contributed by atoms with Crippen molar-refractivity contribution in [2.75, 3.05) is 6.54 Å². The molecule has 1 aromatic rings. The van der Waals surface area contributed by atoms with Crippen molar-refractivity contribution in [2.45, 2.75) is 38.3 Å². The molecular weight excluding hydrogens is 266 g/mol. The Morgan fingerprint density at radius 3 is 2.57 bits per heavy atom. The summed E-state index contributed by atoms with van der Waals surface area (Å²) in [5.74, 6) is 0.583. The van der Waals surface area contributed by atoms with Gasteiger partial charge in [0, 0.05) is 12.6 Å². The number of nitrogens with two attached hydrogens (primary N) is 1. The summed E-state index contributed by atoms with van der Waals surface area (Å²) in [6.07, 6.45) is 4.43. The minimum absolute atomic E-state index is 0.0132. The molecule has 0 unspecified atom stereocenters. The summed E-state index contributed by atoms with van der Waals surface area (Å²) < 4.78 is 0. The quantitative estimate of drug-likeness (QED) is 0.882. The van der Waals surface area contributed by atoms with E-state index in [4.69, 9.17) is 5.73 Å². The predicted octanol–water partition coefficient (Wildman–Crippen LogP) is 1.41. The number of aryl methyl sites for hydroxylation is 1. The summed E-state index contributed by atoms with van der Waals surface area (Å²) in [5.41, 5.74) is 7.61. The lowest BCUT2D eigenvalue weighted by Crippen LogP contribution is -2.46. The van der Waals surface area contributed by atoms with E-state index in [0.29, 0.717) is 18.5 Å². The third kappa shape index (κ3) is 3.17. The first-order valence-electron chi connectivity index (χ1n) is 7.54. The van der Waals surface area contributed by atoms with E-state index in [1.54, 1.807) is 0 Å². The molecule has 5 nitrogen and oxygen atoms in total. The molecule has 0 spiro atoms. The highest BCUT2D eigenvalue weighted by Gasteiger charge is 2.38. The van der Waals surface area contributed by atoms with E-state index in [0.717, 1.165) is 12.8 Å². The van der Waals surface area contributed by atoms with Gasteiger partial charge in [-0.05, 0) is 42.7 Å². The van der Waals surface area contributed by atoms with Crippen LogP contribution in [0.2, 0.25) is 0 Å². The molecule has 112 valence electrons. The second-order valence-electron chi connectivity index (χ2n) is 5.95. The number of amides is 3. The number of hydrogen-bond acceptors (Lipinski definition) is 2. The number of urea groups is 1. The third-order valence-corrected chi connectivity index (χ3v) is 4.47. The van der Waals surface area contributed by atoms with Crippen LogP contribution in [0.5, 0.6) is 0 Å². The number of fused-ring (bicyclic) bond motifs is 1. The van der Waals surface area contributed by atoms with Gasteiger partial charge in [0.25, 0.3) is 0 Å². The molecule has 1 saturated carbocycles. The van der Waals surface area contributed by atoms with Crippen LogP contribution < -0.4 is 11.1 Å². The molecular formula is C16H21N3O2. The van der Waals surface area contributed by atoms with Gasteiger partial charge in [-0.25, -0.2) is 4.79 Å². The Morgan fingerprint density at radius 1 is 1.19 bits per heavy atom. The first-order chi connectivity index (χ1) is 10.1. The predicted molar refractivity (Wildman–Crippen MR) is 79.4 cm³/mol. The lowest BCUT2D eigenvalue weighted by molar-refractivity contribution is -0.133. The number of nitrogens with zero attached hydrogens (tertiary/aromatic N) is 1. The number of carbonyl (C=O) groups excluding carboxylic acids is 2. The van der Waals surface area contributed by atoms with Crippen molar-refractivity contribution >= 4 is 11.9 Å². The zero-order valence-corrected chi connectivity index (χ0v) is 12.0. The molecule has 0 saturated heterocycles. The molecule has 1 heterocycles. The van der Waals surface area contributed by atoms with E-state index < -0.39 is 6.03 Å². The Kier molecular flexibility index (Phi) is 3.82. The third-order valence-electron chi connectivity index (χ3n) is 4.47. The minimum Gasteiger partial charge on any atom is -0.352 e. The average Bonchev–Trinajstić information content (AvgIpc) is 3.29. The van der Waals surface area contributed by atoms with E-state index in [-0.39, 0.29) is 12.5 Å². The maximum atomic E-state index is 12.5. The molecule has 0 radical (unpaired) electrons. The first kappa shape index (κ1) is 13.9. The van der Waals surface area contributed by atoms with E-state index in [9.17, 15) is 9.59 Å². The van der Waals surface area contributed by atoms with E-state index in [1.165, 1.54) is 24.0 Å². The van der Waals surface area contributed by atoms with Gasteiger partial charge < -0.3 is 16.0 Å². The maximum absolute atomic E-state index is 12.5. The zero-order valence-electron chi connectivity index (χ0n) is 12.0. The molecule has 2 aliphatic rings. The summed E-state index contributed by atoms with van der Waals surface area (Å²) in [7, 11) is 0. The Morgan fingerprint density at radius 2 is 1.90 bits per heavy atom. The largest absolute Gasteiger partial charge is 0.352 e. The molecule has 3 amide bonds. The number of benzene rings is 1. The van der Waals surface area contributed by atoms with Crippen LogP contribution in [0.1, 0.15) is 30.4 Å². The lowest BCUT2D eigenvalue weighted by Gasteiger charge is -2.30. The molecule has 1 atom stereocenters. The van der Waals surface area contributed by atoms with Crippen molar-refractivity contribution in [3.8, 4) is 0 Å². The van der Waals surface area contributed by atoms with Gasteiger partial charge in [0.1, 0.15) is 0 Å². The van der Waals surface area contributed by atoms with Crippen LogP contribution in [0.4, 0.5) is 4.79 Å². The number of nitrogens with one attached hydrogen (secondary N) is 1. The Balaban J connectivity index is 1.79. The molecule has 3 N–H and O–H groups in total. The molecule has 0 bridgehead atoms. The van der Waals surface area contributed by atoms with Gasteiger partial charge in [0.15, 0.2) is 0 Å². The zero-order chi connectivity index (χ0) is 14.8. The second-order valence-corrected chi connectivity index (χ2v) is 5.95. The molecule has 1 aliphatic carbocycles. The Hall–Kier alpha value is -2.04. The fourth-order valence-corrected chi connectivity index (χ4v) is 3.22. The number of primary amides is 1. The molecule has 5 heteroatoms. The van der Waals surface area contributed by atoms with Gasteiger partial charge in [-0.15, -0.1) is 0 Å². The van der Waals surface area contributed by atoms with Crippen LogP contribution in [0, 0.1) is 5.92 Å². The smallest absolute Gasteiger partial charge is 0.312 e. The van der Waals surface area contributed by atoms with E-state index in [1.807, 2.05) is 11.0 Å².